The number of nitrogens with two attached hydrogens (primary N) is 3. The van der Waals surface area contributed by atoms with E-state index in [4.69, 9.17) is 17.2 Å². The van der Waals surface area contributed by atoms with Crippen molar-refractivity contribution in [2.24, 2.45) is 22.2 Å². The first kappa shape index (κ1) is 54.2. The Morgan fingerprint density at radius 1 is 0.690 bits per heavy atom. The number of primary amides is 1. The SMILES string of the molecule is CCCCC(=O)N[C@H]1CC(=O)NCCCC[C@@H](C(N)=O)NC(=O)[C@H](Cc2c[nH]c3ccccc23)NC(=O)[C@H](CCCN=C(N)N)NC(=O)[C@@H](Cc2ccccc2)NC(=O)CCc2ccccc2CNC1=O. The summed E-state index contributed by atoms with van der Waals surface area (Å²) in [5.41, 5.74) is 20.6. The van der Waals surface area contributed by atoms with Gasteiger partial charge in [-0.3, -0.25) is 43.3 Å². The number of hydrogen-bond acceptors (Lipinski definition) is 9. The second-order valence-electron chi connectivity index (χ2n) is 17.7. The molecule has 3 aromatic carbocycles. The van der Waals surface area contributed by atoms with Gasteiger partial charge < -0.3 is 59.4 Å². The summed E-state index contributed by atoms with van der Waals surface area (Å²) in [4.78, 5) is 117. The Balaban J connectivity index is 1.47. The van der Waals surface area contributed by atoms with E-state index in [2.05, 4.69) is 47.2 Å². The number of H-pyrrole nitrogens is 1. The number of para-hydroxylation sites is 1. The Kier molecular flexibility index (Phi) is 21.4. The maximum absolute atomic E-state index is 14.5. The molecular weight excluding hydrogens is 909 g/mol. The smallest absolute Gasteiger partial charge is 0.243 e. The van der Waals surface area contributed by atoms with Gasteiger partial charge in [0.1, 0.15) is 30.2 Å². The average molecular weight is 977 g/mol. The number of benzene rings is 3. The third kappa shape index (κ3) is 17.9. The van der Waals surface area contributed by atoms with Crippen LogP contribution >= 0.6 is 0 Å². The predicted molar refractivity (Wildman–Crippen MR) is 269 cm³/mol. The van der Waals surface area contributed by atoms with Gasteiger partial charge in [0.2, 0.25) is 47.3 Å². The van der Waals surface area contributed by atoms with Gasteiger partial charge in [0.15, 0.2) is 5.96 Å². The van der Waals surface area contributed by atoms with Gasteiger partial charge in [-0.15, -0.1) is 0 Å². The minimum absolute atomic E-state index is 0.0261. The van der Waals surface area contributed by atoms with Gasteiger partial charge >= 0.3 is 0 Å². The van der Waals surface area contributed by atoms with Gasteiger partial charge in [0.05, 0.1) is 6.42 Å². The molecule has 20 heteroatoms. The first-order chi connectivity index (χ1) is 34.2. The van der Waals surface area contributed by atoms with E-state index >= 15 is 0 Å². The van der Waals surface area contributed by atoms with Crippen LogP contribution in [0.15, 0.2) is 90.1 Å². The number of amides is 8. The summed E-state index contributed by atoms with van der Waals surface area (Å²) in [5.74, 6) is -4.99. The highest BCUT2D eigenvalue weighted by molar-refractivity contribution is 5.96. The van der Waals surface area contributed by atoms with E-state index in [0.717, 1.165) is 28.5 Å². The number of fused-ring (bicyclic) bond motifs is 2. The maximum atomic E-state index is 14.5. The Labute approximate surface area is 413 Å². The van der Waals surface area contributed by atoms with Crippen molar-refractivity contribution in [3.8, 4) is 0 Å². The Bertz CT molecular complexity index is 2490. The summed E-state index contributed by atoms with van der Waals surface area (Å²) in [6.07, 6.45) is 4.16. The molecule has 20 nitrogen and oxygen atoms in total. The van der Waals surface area contributed by atoms with Crippen LogP contribution in [0, 0.1) is 0 Å². The van der Waals surface area contributed by atoms with Crippen LogP contribution in [0.1, 0.15) is 93.4 Å². The van der Waals surface area contributed by atoms with Crippen LogP contribution in [0.25, 0.3) is 10.9 Å². The first-order valence-electron chi connectivity index (χ1n) is 24.2. The van der Waals surface area contributed by atoms with E-state index in [1.54, 1.807) is 36.5 Å². The molecule has 380 valence electrons. The summed E-state index contributed by atoms with van der Waals surface area (Å²) < 4.78 is 0. The van der Waals surface area contributed by atoms with Gasteiger partial charge in [0, 0.05) is 62.4 Å². The number of carbonyl (C=O) groups is 8. The molecule has 0 spiro atoms. The minimum atomic E-state index is -1.28. The second kappa shape index (κ2) is 28.0. The van der Waals surface area contributed by atoms with E-state index < -0.39 is 71.6 Å². The zero-order valence-corrected chi connectivity index (χ0v) is 40.2. The molecule has 5 rings (SSSR count). The first-order valence-corrected chi connectivity index (χ1v) is 24.2. The summed E-state index contributed by atoms with van der Waals surface area (Å²) in [6.45, 7) is 2.24. The lowest BCUT2D eigenvalue weighted by molar-refractivity contribution is -0.134. The minimum Gasteiger partial charge on any atom is -0.370 e. The van der Waals surface area contributed by atoms with Crippen molar-refractivity contribution < 1.29 is 38.4 Å². The summed E-state index contributed by atoms with van der Waals surface area (Å²) in [5, 5.41) is 20.3. The van der Waals surface area contributed by atoms with Gasteiger partial charge in [0.25, 0.3) is 0 Å². The Morgan fingerprint density at radius 2 is 1.37 bits per heavy atom. The fraction of sp³-hybridized carbons (Fsp3) is 0.431. The van der Waals surface area contributed by atoms with E-state index in [-0.39, 0.29) is 89.3 Å². The quantitative estimate of drug-likeness (QED) is 0.0514. The standard InChI is InChI=1S/C51H68N12O8/c1-2-3-22-43(64)60-42-29-45(66)55-25-12-11-20-38(46(52)67)61-50(71)41(28-35-31-57-37-19-10-9-18-36(35)37)63-48(69)39(21-13-26-56-51(53)54)62-49(70)40(27-32-14-5-4-6-15-32)59-44(65)24-23-33-16-7-8-17-34(33)30-58-47(42)68/h4-10,14-19,31,38-42,57H,2-3,11-13,20-30H2,1H3,(H2,52,67)(H,55,66)(H,58,68)(H,59,65)(H,60,64)(H,61,71)(H,62,70)(H,63,69)(H4,53,54,56)/t38-,39-,40+,41-,42-/m0/s1. The highest BCUT2D eigenvalue weighted by Crippen LogP contribution is 2.20. The van der Waals surface area contributed by atoms with Crippen molar-refractivity contribution in [1.29, 1.82) is 0 Å². The van der Waals surface area contributed by atoms with Gasteiger partial charge in [-0.05, 0) is 73.3 Å². The summed E-state index contributed by atoms with van der Waals surface area (Å²) in [7, 11) is 0. The van der Waals surface area contributed by atoms with E-state index in [1.807, 2.05) is 55.5 Å². The second-order valence-corrected chi connectivity index (χ2v) is 17.7. The number of aliphatic imine (C=N–C) groups is 1. The Morgan fingerprint density at radius 3 is 2.11 bits per heavy atom. The largest absolute Gasteiger partial charge is 0.370 e. The highest BCUT2D eigenvalue weighted by Gasteiger charge is 2.32. The van der Waals surface area contributed by atoms with E-state index in [9.17, 15) is 38.4 Å². The average Bonchev–Trinajstić information content (AvgIpc) is 3.76. The zero-order chi connectivity index (χ0) is 51.1. The summed E-state index contributed by atoms with van der Waals surface area (Å²) >= 11 is 0. The molecule has 0 unspecified atom stereocenters. The normalized spacial score (nSPS) is 20.6. The van der Waals surface area contributed by atoms with Crippen molar-refractivity contribution >= 4 is 64.1 Å². The number of aryl methyl sites for hydroxylation is 1. The van der Waals surface area contributed by atoms with E-state index in [0.29, 0.717) is 30.4 Å². The third-order valence-electron chi connectivity index (χ3n) is 12.1. The third-order valence-corrected chi connectivity index (χ3v) is 12.1. The molecule has 0 fully saturated rings. The molecule has 0 saturated carbocycles. The van der Waals surface area contributed by atoms with Crippen molar-refractivity contribution in [2.75, 3.05) is 13.1 Å². The molecule has 0 aliphatic carbocycles. The molecule has 71 heavy (non-hydrogen) atoms. The van der Waals surface area contributed by atoms with Gasteiger partial charge in [-0.1, -0.05) is 86.1 Å². The van der Waals surface area contributed by atoms with Crippen LogP contribution in [0.4, 0.5) is 0 Å². The van der Waals surface area contributed by atoms with Crippen LogP contribution in [0.5, 0.6) is 0 Å². The van der Waals surface area contributed by atoms with Crippen LogP contribution in [-0.4, -0.2) is 101 Å². The number of unbranched alkanes of at least 4 members (excludes halogenated alkanes) is 1. The number of nitrogens with zero attached hydrogens (tertiary/aromatic N) is 1. The van der Waals surface area contributed by atoms with Crippen LogP contribution in [0.3, 0.4) is 0 Å². The molecule has 14 N–H and O–H groups in total. The topological polar surface area (TPSA) is 327 Å². The number of aromatic amines is 1. The van der Waals surface area contributed by atoms with Crippen molar-refractivity contribution in [3.63, 3.8) is 0 Å². The monoisotopic (exact) mass is 977 g/mol. The number of aromatic nitrogens is 1. The number of rotatable bonds is 13. The Hall–Kier alpha value is -7.77. The molecule has 0 bridgehead atoms. The van der Waals surface area contributed by atoms with Crippen LogP contribution in [0.2, 0.25) is 0 Å². The summed E-state index contributed by atoms with van der Waals surface area (Å²) in [6, 6.07) is 17.6. The molecule has 8 amide bonds. The van der Waals surface area contributed by atoms with Crippen LogP contribution in [-0.2, 0) is 64.2 Å². The van der Waals surface area contributed by atoms with Crippen molar-refractivity contribution in [2.45, 2.75) is 127 Å². The van der Waals surface area contributed by atoms with Crippen molar-refractivity contribution in [3.05, 3.63) is 107 Å². The predicted octanol–water partition coefficient (Wildman–Crippen LogP) is 1.05. The number of nitrogens with one attached hydrogen (secondary N) is 8. The molecule has 4 aromatic rings. The number of guanidine groups is 1. The molecule has 5 atom stereocenters. The molecular formula is C51H68N12O8. The lowest BCUT2D eigenvalue weighted by Gasteiger charge is -2.26. The lowest BCUT2D eigenvalue weighted by Crippen LogP contribution is -2.58. The fourth-order valence-corrected chi connectivity index (χ4v) is 8.23. The molecule has 2 heterocycles. The highest BCUT2D eigenvalue weighted by atomic mass is 16.2. The van der Waals surface area contributed by atoms with Crippen molar-refractivity contribution in [1.82, 2.24) is 42.2 Å². The molecule has 1 aromatic heterocycles. The number of carbonyl (C=O) groups excluding carboxylic acids is 8. The molecule has 1 aliphatic heterocycles. The zero-order valence-electron chi connectivity index (χ0n) is 40.2. The van der Waals surface area contributed by atoms with Crippen LogP contribution < -0.4 is 54.4 Å². The maximum Gasteiger partial charge on any atom is 0.243 e. The lowest BCUT2D eigenvalue weighted by atomic mass is 10.0. The molecule has 0 radical (unpaired) electrons. The number of hydrogen-bond donors (Lipinski definition) is 11. The van der Waals surface area contributed by atoms with Gasteiger partial charge in [-0.25, -0.2) is 0 Å². The van der Waals surface area contributed by atoms with E-state index in [1.165, 1.54) is 0 Å². The molecule has 1 aliphatic rings. The van der Waals surface area contributed by atoms with Gasteiger partial charge in [-0.2, -0.15) is 0 Å². The molecule has 0 saturated heterocycles. The fourth-order valence-electron chi connectivity index (χ4n) is 8.23.